The highest BCUT2D eigenvalue weighted by molar-refractivity contribution is 7.81. The van der Waals surface area contributed by atoms with Crippen molar-refractivity contribution in [2.24, 2.45) is 11.7 Å². The largest absolute Gasteiger partial charge is 0.504 e. The van der Waals surface area contributed by atoms with Crippen LogP contribution in [0.1, 0.15) is 81.3 Å². The van der Waals surface area contributed by atoms with Gasteiger partial charge in [0.15, 0.2) is 23.5 Å². The number of fused-ring (bicyclic) bond motifs is 2. The Morgan fingerprint density at radius 1 is 0.787 bits per heavy atom. The summed E-state index contributed by atoms with van der Waals surface area (Å²) in [5, 5.41) is 116. The van der Waals surface area contributed by atoms with Gasteiger partial charge < -0.3 is 102 Å². The summed E-state index contributed by atoms with van der Waals surface area (Å²) in [6, 6.07) is 3.52. The molecule has 8 amide bonds. The first-order valence-electron chi connectivity index (χ1n) is 28.1. The maximum Gasteiger partial charge on any atom is 0.446 e. The average molecular weight is 1270 g/mol. The van der Waals surface area contributed by atoms with Gasteiger partial charge in [-0.15, -0.1) is 0 Å². The third-order valence-corrected chi connectivity index (χ3v) is 15.6. The molecule has 1 aromatic heterocycles. The molecule has 0 bridgehead atoms. The average Bonchev–Trinajstić information content (AvgIpc) is 2.76. The highest BCUT2D eigenvalue weighted by atomic mass is 32.3. The Morgan fingerprint density at radius 2 is 1.43 bits per heavy atom. The van der Waals surface area contributed by atoms with E-state index in [1.54, 1.807) is 30.3 Å². The molecule has 17 N–H and O–H groups in total. The first kappa shape index (κ1) is 68.1. The minimum Gasteiger partial charge on any atom is -0.504 e. The Bertz CT molecular complexity index is 3340. The summed E-state index contributed by atoms with van der Waals surface area (Å²) in [7, 11) is -5.35. The van der Waals surface area contributed by atoms with Gasteiger partial charge in [0, 0.05) is 54.6 Å². The van der Waals surface area contributed by atoms with E-state index in [1.165, 1.54) is 31.2 Å². The lowest BCUT2D eigenvalue weighted by Crippen LogP contribution is -2.64. The predicted molar refractivity (Wildman–Crippen MR) is 304 cm³/mol. The van der Waals surface area contributed by atoms with Crippen LogP contribution in [0.4, 0.5) is 0 Å². The van der Waals surface area contributed by atoms with Crippen LogP contribution in [0.3, 0.4) is 0 Å². The van der Waals surface area contributed by atoms with Gasteiger partial charge in [-0.25, -0.2) is 0 Å². The molecule has 89 heavy (non-hydrogen) atoms. The van der Waals surface area contributed by atoms with Gasteiger partial charge >= 0.3 is 10.4 Å². The molecule has 3 aliphatic rings. The van der Waals surface area contributed by atoms with Crippen molar-refractivity contribution in [2.45, 2.75) is 145 Å². The van der Waals surface area contributed by atoms with Crippen molar-refractivity contribution >= 4 is 57.7 Å². The third-order valence-electron chi connectivity index (χ3n) is 15.2. The zero-order chi connectivity index (χ0) is 65.3. The molecule has 0 aliphatic carbocycles. The maximum absolute atomic E-state index is 14.7. The molecule has 4 heterocycles. The molecule has 7 rings (SSSR count). The third kappa shape index (κ3) is 16.9. The lowest BCUT2D eigenvalue weighted by atomic mass is 9.96. The second-order valence-corrected chi connectivity index (χ2v) is 22.9. The number of benzene rings is 3. The van der Waals surface area contributed by atoms with Crippen LogP contribution in [-0.2, 0) is 44.0 Å². The number of ether oxygens (including phenoxy) is 1. The molecule has 15 atom stereocenters. The molecule has 33 heteroatoms. The van der Waals surface area contributed by atoms with Crippen LogP contribution in [0.15, 0.2) is 77.3 Å². The van der Waals surface area contributed by atoms with Gasteiger partial charge in [-0.2, -0.15) is 8.42 Å². The number of hydrogen-bond acceptors (Lipinski definition) is 23. The summed E-state index contributed by atoms with van der Waals surface area (Å²) in [6.07, 6.45) is -17.3. The monoisotopic (exact) mass is 1270 g/mol. The summed E-state index contributed by atoms with van der Waals surface area (Å²) in [5.74, 6) is -12.9. The zero-order valence-electron chi connectivity index (χ0n) is 48.1. The number of phenolic OH excluding ortho intramolecular Hbond substituents is 1. The number of aliphatic hydroxyl groups is 8. The Balaban J connectivity index is 1.22. The number of hydrogen-bond donors (Lipinski definition) is 16. The fraction of sp³-hybridized carbons (Fsp3) is 0.482. The number of carbonyl (C=O) groups excluding carboxylic acids is 8. The lowest BCUT2D eigenvalue weighted by molar-refractivity contribution is -0.149. The fourth-order valence-electron chi connectivity index (χ4n) is 10.3. The Kier molecular flexibility index (Phi) is 22.4. The van der Waals surface area contributed by atoms with E-state index in [1.807, 2.05) is 10.6 Å². The van der Waals surface area contributed by atoms with Gasteiger partial charge in [-0.3, -0.25) is 42.9 Å². The quantitative estimate of drug-likeness (QED) is 0.0334. The minimum absolute atomic E-state index is 0.107. The standard InChI is InChI=1S/C56H71N9O23S/c1-4-5-6-17-86-32-14-11-28(12-15-32)39-21-33(63-87-39)27-7-9-29(10-8-27)49(75)58-34-20-38(70)52(78)62-54(80)45-46(72)25(2)23-65(45)56(82)43(37(69)22-41(57)71)60-53(79)44(48(74)47(73)30-13-16-36(68)40(18-30)88-89(83,84)85)61-51(77)35-19-31(67)24-64(35)55(81)42(26(3)66)59-50(34)76/h7-16,18,21,25-26,31,34-35,37-38,42-48,52,66-70,72-74,78H,4-6,17,19-20,22-24H2,1-3H3,(H2,57,71)(H,58,75)(H,59,76)(H,60,79)(H,61,77)(H,62,80)(H,83,84,85)/t25-,26+,31+,34-,35+,37+,38+,42-,43-,44-,45-,46-,47-,48-,52+/m0/s1. The molecule has 0 radical (unpaired) electrons. The first-order valence-corrected chi connectivity index (χ1v) is 29.5. The molecule has 3 aromatic carbocycles. The van der Waals surface area contributed by atoms with Gasteiger partial charge in [0.05, 0.1) is 37.4 Å². The van der Waals surface area contributed by atoms with E-state index < -0.39 is 198 Å². The number of nitrogens with one attached hydrogen (secondary N) is 5. The van der Waals surface area contributed by atoms with Crippen molar-refractivity contribution in [3.63, 3.8) is 0 Å². The first-order chi connectivity index (χ1) is 42.0. The number of nitrogens with two attached hydrogens (primary N) is 1. The van der Waals surface area contributed by atoms with Crippen molar-refractivity contribution in [1.82, 2.24) is 41.5 Å². The molecule has 0 unspecified atom stereocenters. The summed E-state index contributed by atoms with van der Waals surface area (Å²) in [6.45, 7) is 3.74. The van der Waals surface area contributed by atoms with Gasteiger partial charge in [0.25, 0.3) is 5.91 Å². The summed E-state index contributed by atoms with van der Waals surface area (Å²) < 4.78 is 48.1. The molecule has 32 nitrogen and oxygen atoms in total. The number of primary amides is 1. The SMILES string of the molecule is CCCCCOc1ccc(-c2cc(-c3ccc(C(=O)N[C@H]4C[C@@H](O)[C@@H](O)NC(=O)[C@@H]5[C@@H](O)[C@@H](C)CN5C(=O)[C@H]([C@H](O)CC(N)=O)NC(=O)[C@H]([C@H](O)[C@@H](O)c5ccc(O)c(OS(=O)(=O)O)c5)NC(=O)[C@H]5C[C@@H](O)CN5C(=O)[C@H]([C@@H](C)O)NC4=O)cc3)no2)cc1. The highest BCUT2D eigenvalue weighted by Crippen LogP contribution is 2.34. The number of aromatic nitrogens is 1. The van der Waals surface area contributed by atoms with E-state index in [2.05, 4.69) is 32.2 Å². The summed E-state index contributed by atoms with van der Waals surface area (Å²) >= 11 is 0. The van der Waals surface area contributed by atoms with Crippen LogP contribution < -0.4 is 41.2 Å². The van der Waals surface area contributed by atoms with Crippen LogP contribution in [0.25, 0.3) is 22.6 Å². The Morgan fingerprint density at radius 3 is 2.07 bits per heavy atom. The van der Waals surface area contributed by atoms with Crippen LogP contribution in [0.5, 0.6) is 17.2 Å². The topological polar surface area (TPSA) is 510 Å². The van der Waals surface area contributed by atoms with E-state index in [0.29, 0.717) is 56.9 Å². The molecule has 3 fully saturated rings. The number of aliphatic hydroxyl groups excluding tert-OH is 8. The number of rotatable bonds is 18. The number of nitrogens with zero attached hydrogens (tertiary/aromatic N) is 3. The van der Waals surface area contributed by atoms with Crippen molar-refractivity contribution in [3.05, 3.63) is 83.9 Å². The highest BCUT2D eigenvalue weighted by Gasteiger charge is 2.51. The number of phenols is 1. The van der Waals surface area contributed by atoms with E-state index in [-0.39, 0.29) is 5.56 Å². The number of amides is 8. The molecule has 0 spiro atoms. The molecule has 484 valence electrons. The fourth-order valence-corrected chi connectivity index (χ4v) is 10.7. The second-order valence-electron chi connectivity index (χ2n) is 21.9. The molecule has 4 aromatic rings. The molecular formula is C56H71N9O23S. The van der Waals surface area contributed by atoms with E-state index >= 15 is 0 Å². The zero-order valence-corrected chi connectivity index (χ0v) is 48.9. The van der Waals surface area contributed by atoms with Gasteiger partial charge in [-0.1, -0.05) is 50.0 Å². The predicted octanol–water partition coefficient (Wildman–Crippen LogP) is -3.90. The minimum atomic E-state index is -5.35. The van der Waals surface area contributed by atoms with Gasteiger partial charge in [0.1, 0.15) is 66.0 Å². The van der Waals surface area contributed by atoms with Crippen molar-refractivity contribution in [3.8, 4) is 39.8 Å². The molecule has 3 saturated heterocycles. The van der Waals surface area contributed by atoms with Crippen LogP contribution in [0, 0.1) is 5.92 Å². The smallest absolute Gasteiger partial charge is 0.446 e. The van der Waals surface area contributed by atoms with Gasteiger partial charge in [0.2, 0.25) is 41.4 Å². The molecule has 0 saturated carbocycles. The van der Waals surface area contributed by atoms with E-state index in [9.17, 15) is 97.3 Å². The van der Waals surface area contributed by atoms with Crippen molar-refractivity contribution in [2.75, 3.05) is 19.7 Å². The number of carbonyl (C=O) groups is 8. The normalized spacial score (nSPS) is 26.4. The Hall–Kier alpha value is -8.38. The lowest BCUT2D eigenvalue weighted by Gasteiger charge is -2.34. The maximum atomic E-state index is 14.7. The van der Waals surface area contributed by atoms with Crippen molar-refractivity contribution in [1.29, 1.82) is 0 Å². The van der Waals surface area contributed by atoms with Crippen LogP contribution >= 0.6 is 0 Å². The second kappa shape index (κ2) is 29.3. The van der Waals surface area contributed by atoms with Crippen molar-refractivity contribution < 1.29 is 111 Å². The number of aromatic hydroxyl groups is 1. The number of unbranched alkanes of at least 4 members (excludes halogenated alkanes) is 2. The van der Waals surface area contributed by atoms with Crippen LogP contribution in [-0.4, -0.2) is 220 Å². The molecular weight excluding hydrogens is 1200 g/mol. The van der Waals surface area contributed by atoms with Gasteiger partial charge in [-0.05, 0) is 67.4 Å². The summed E-state index contributed by atoms with van der Waals surface area (Å²) in [4.78, 5) is 115. The Labute approximate surface area is 507 Å². The molecule has 3 aliphatic heterocycles. The van der Waals surface area contributed by atoms with E-state index in [0.717, 1.165) is 32.3 Å². The summed E-state index contributed by atoms with van der Waals surface area (Å²) in [5.41, 5.74) is 6.17. The van der Waals surface area contributed by atoms with Crippen LogP contribution in [0.2, 0.25) is 0 Å². The van der Waals surface area contributed by atoms with E-state index in [4.69, 9.17) is 15.0 Å².